The second-order valence-corrected chi connectivity index (χ2v) is 5.88. The fourth-order valence-corrected chi connectivity index (χ4v) is 2.54. The van der Waals surface area contributed by atoms with E-state index < -0.39 is 17.6 Å². The van der Waals surface area contributed by atoms with E-state index in [2.05, 4.69) is 15.6 Å². The zero-order chi connectivity index (χ0) is 18.9. The van der Waals surface area contributed by atoms with Gasteiger partial charge in [-0.1, -0.05) is 28.9 Å². The number of aromatic nitrogens is 3. The quantitative estimate of drug-likeness (QED) is 0.727. The summed E-state index contributed by atoms with van der Waals surface area (Å²) < 4.78 is 39.7. The molecule has 0 spiro atoms. The van der Waals surface area contributed by atoms with Crippen LogP contribution in [0.1, 0.15) is 21.7 Å². The Kier molecular flexibility index (Phi) is 4.69. The lowest BCUT2D eigenvalue weighted by molar-refractivity contribution is -0.137. The van der Waals surface area contributed by atoms with Crippen LogP contribution in [0.4, 0.5) is 18.9 Å². The summed E-state index contributed by atoms with van der Waals surface area (Å²) in [6.45, 7) is 1.63. The SMILES string of the molecule is Cc1c(C(=O)Nc2cccc(C(F)(F)F)c2)nnn1-c1cccc(Cl)c1. The highest BCUT2D eigenvalue weighted by molar-refractivity contribution is 6.30. The van der Waals surface area contributed by atoms with Crippen LogP contribution in [0.15, 0.2) is 48.5 Å². The van der Waals surface area contributed by atoms with Crippen LogP contribution in [0.3, 0.4) is 0 Å². The predicted molar refractivity (Wildman–Crippen MR) is 90.5 cm³/mol. The minimum Gasteiger partial charge on any atom is -0.321 e. The van der Waals surface area contributed by atoms with Crippen molar-refractivity contribution in [3.63, 3.8) is 0 Å². The van der Waals surface area contributed by atoms with Crippen molar-refractivity contribution in [1.82, 2.24) is 15.0 Å². The first-order chi connectivity index (χ1) is 12.3. The molecule has 2 aromatic carbocycles. The number of carbonyl (C=O) groups is 1. The Morgan fingerprint density at radius 3 is 2.58 bits per heavy atom. The highest BCUT2D eigenvalue weighted by atomic mass is 35.5. The number of halogens is 4. The smallest absolute Gasteiger partial charge is 0.321 e. The Hall–Kier alpha value is -2.87. The summed E-state index contributed by atoms with van der Waals surface area (Å²) in [4.78, 5) is 12.4. The third-order valence-corrected chi connectivity index (χ3v) is 3.85. The van der Waals surface area contributed by atoms with Crippen molar-refractivity contribution in [2.75, 3.05) is 5.32 Å². The number of nitrogens with one attached hydrogen (secondary N) is 1. The van der Waals surface area contributed by atoms with E-state index in [4.69, 9.17) is 11.6 Å². The third kappa shape index (κ3) is 3.70. The van der Waals surface area contributed by atoms with Gasteiger partial charge >= 0.3 is 6.18 Å². The van der Waals surface area contributed by atoms with Crippen molar-refractivity contribution in [3.05, 3.63) is 70.5 Å². The maximum Gasteiger partial charge on any atom is 0.416 e. The summed E-state index contributed by atoms with van der Waals surface area (Å²) in [5, 5.41) is 10.6. The van der Waals surface area contributed by atoms with Gasteiger partial charge in [0.1, 0.15) is 0 Å². The standard InChI is InChI=1S/C17H12ClF3N4O/c1-10-15(23-24-25(10)14-7-3-5-12(18)9-14)16(26)22-13-6-2-4-11(8-13)17(19,20)21/h2-9H,1H3,(H,22,26). The lowest BCUT2D eigenvalue weighted by Gasteiger charge is -2.09. The van der Waals surface area contributed by atoms with E-state index >= 15 is 0 Å². The van der Waals surface area contributed by atoms with E-state index in [9.17, 15) is 18.0 Å². The highest BCUT2D eigenvalue weighted by Gasteiger charge is 2.30. The topological polar surface area (TPSA) is 59.8 Å². The maximum absolute atomic E-state index is 12.8. The molecule has 0 fully saturated rings. The molecule has 3 rings (SSSR count). The lowest BCUT2D eigenvalue weighted by Crippen LogP contribution is -2.15. The fraction of sp³-hybridized carbons (Fsp3) is 0.118. The highest BCUT2D eigenvalue weighted by Crippen LogP contribution is 2.30. The van der Waals surface area contributed by atoms with Gasteiger partial charge in [0.2, 0.25) is 0 Å². The number of rotatable bonds is 3. The Morgan fingerprint density at radius 2 is 1.88 bits per heavy atom. The first kappa shape index (κ1) is 17.9. The molecule has 1 amide bonds. The number of hydrogen-bond donors (Lipinski definition) is 1. The molecule has 9 heteroatoms. The number of nitrogens with zero attached hydrogens (tertiary/aromatic N) is 3. The molecule has 134 valence electrons. The molecule has 1 aromatic heterocycles. The van der Waals surface area contributed by atoms with Crippen molar-refractivity contribution in [3.8, 4) is 5.69 Å². The van der Waals surface area contributed by atoms with E-state index in [1.165, 1.54) is 16.8 Å². The predicted octanol–water partition coefficient (Wildman–Crippen LogP) is 4.50. The lowest BCUT2D eigenvalue weighted by atomic mass is 10.2. The van der Waals surface area contributed by atoms with Crippen molar-refractivity contribution < 1.29 is 18.0 Å². The molecule has 0 saturated heterocycles. The largest absolute Gasteiger partial charge is 0.416 e. The first-order valence-electron chi connectivity index (χ1n) is 7.42. The molecule has 26 heavy (non-hydrogen) atoms. The average molecular weight is 381 g/mol. The molecule has 1 N–H and O–H groups in total. The normalized spacial score (nSPS) is 11.4. The van der Waals surface area contributed by atoms with Gasteiger partial charge in [0.15, 0.2) is 5.69 Å². The van der Waals surface area contributed by atoms with Crippen LogP contribution in [0.5, 0.6) is 0 Å². The zero-order valence-electron chi connectivity index (χ0n) is 13.4. The van der Waals surface area contributed by atoms with Gasteiger partial charge in [0, 0.05) is 10.7 Å². The Labute approximate surface area is 151 Å². The summed E-state index contributed by atoms with van der Waals surface area (Å²) >= 11 is 5.94. The van der Waals surface area contributed by atoms with Crippen LogP contribution in [-0.2, 0) is 6.18 Å². The van der Waals surface area contributed by atoms with Crippen LogP contribution in [0.2, 0.25) is 5.02 Å². The van der Waals surface area contributed by atoms with Gasteiger partial charge in [-0.05, 0) is 43.3 Å². The van der Waals surface area contributed by atoms with Crippen LogP contribution < -0.4 is 5.32 Å². The Morgan fingerprint density at radius 1 is 1.15 bits per heavy atom. The summed E-state index contributed by atoms with van der Waals surface area (Å²) in [5.41, 5.74) is 0.205. The maximum atomic E-state index is 12.8. The van der Waals surface area contributed by atoms with Crippen LogP contribution in [-0.4, -0.2) is 20.9 Å². The number of hydrogen-bond acceptors (Lipinski definition) is 3. The number of anilines is 1. The monoisotopic (exact) mass is 380 g/mol. The summed E-state index contributed by atoms with van der Waals surface area (Å²) in [6, 6.07) is 11.2. The van der Waals surface area contributed by atoms with Gasteiger partial charge in [0.25, 0.3) is 5.91 Å². The Balaban J connectivity index is 1.86. The van der Waals surface area contributed by atoms with Gasteiger partial charge in [-0.25, -0.2) is 4.68 Å². The zero-order valence-corrected chi connectivity index (χ0v) is 14.1. The minimum absolute atomic E-state index is 0.00221. The molecule has 0 atom stereocenters. The summed E-state index contributed by atoms with van der Waals surface area (Å²) in [7, 11) is 0. The molecule has 0 aliphatic rings. The van der Waals surface area contributed by atoms with E-state index in [1.807, 2.05) is 0 Å². The van der Waals surface area contributed by atoms with Crippen molar-refractivity contribution in [2.24, 2.45) is 0 Å². The second-order valence-electron chi connectivity index (χ2n) is 5.45. The molecule has 0 aliphatic carbocycles. The number of alkyl halides is 3. The summed E-state index contributed by atoms with van der Waals surface area (Å²) in [5.74, 6) is -0.657. The van der Waals surface area contributed by atoms with Gasteiger partial charge < -0.3 is 5.32 Å². The molecular formula is C17H12ClF3N4O. The molecule has 0 radical (unpaired) electrons. The molecule has 3 aromatic rings. The molecule has 0 bridgehead atoms. The van der Waals surface area contributed by atoms with Gasteiger partial charge in [-0.2, -0.15) is 13.2 Å². The molecule has 1 heterocycles. The van der Waals surface area contributed by atoms with Gasteiger partial charge in [-0.3, -0.25) is 4.79 Å². The average Bonchev–Trinajstić information content (AvgIpc) is 2.96. The Bertz CT molecular complexity index is 969. The molecule has 0 unspecified atom stereocenters. The van der Waals surface area contributed by atoms with E-state index in [-0.39, 0.29) is 11.4 Å². The van der Waals surface area contributed by atoms with E-state index in [0.29, 0.717) is 16.4 Å². The molecular weight excluding hydrogens is 369 g/mol. The van der Waals surface area contributed by atoms with E-state index in [1.54, 1.807) is 31.2 Å². The fourth-order valence-electron chi connectivity index (χ4n) is 2.36. The molecule has 5 nitrogen and oxygen atoms in total. The van der Waals surface area contributed by atoms with Crippen molar-refractivity contribution >= 4 is 23.2 Å². The summed E-state index contributed by atoms with van der Waals surface area (Å²) in [6.07, 6.45) is -4.49. The van der Waals surface area contributed by atoms with Crippen LogP contribution in [0.25, 0.3) is 5.69 Å². The van der Waals surface area contributed by atoms with Crippen molar-refractivity contribution in [2.45, 2.75) is 13.1 Å². The van der Waals surface area contributed by atoms with E-state index in [0.717, 1.165) is 12.1 Å². The molecule has 0 saturated carbocycles. The van der Waals surface area contributed by atoms with Crippen molar-refractivity contribution in [1.29, 1.82) is 0 Å². The van der Waals surface area contributed by atoms with Gasteiger partial charge in [0.05, 0.1) is 16.9 Å². The number of amides is 1. The third-order valence-electron chi connectivity index (χ3n) is 3.61. The van der Waals surface area contributed by atoms with Crippen LogP contribution in [0, 0.1) is 6.92 Å². The number of benzene rings is 2. The first-order valence-corrected chi connectivity index (χ1v) is 7.80. The molecule has 0 aliphatic heterocycles. The van der Waals surface area contributed by atoms with Crippen LogP contribution >= 0.6 is 11.6 Å². The second kappa shape index (κ2) is 6.80. The van der Waals surface area contributed by atoms with Gasteiger partial charge in [-0.15, -0.1) is 5.10 Å². The minimum atomic E-state index is -4.49. The number of carbonyl (C=O) groups excluding carboxylic acids is 1.